The number of nitrogens with one attached hydrogen (secondary N) is 1. The molecule has 1 saturated heterocycles. The fourth-order valence-corrected chi connectivity index (χ4v) is 3.53. The number of likely N-dealkylation sites (tertiary alicyclic amines) is 1. The summed E-state index contributed by atoms with van der Waals surface area (Å²) in [5, 5.41) is 14.4. The number of hydrogen-bond donors (Lipinski definition) is 2. The predicted octanol–water partition coefficient (Wildman–Crippen LogP) is 2.27. The quantitative estimate of drug-likeness (QED) is 0.748. The molecule has 1 aromatic carbocycles. The first-order valence-electron chi connectivity index (χ1n) is 8.74. The van der Waals surface area contributed by atoms with E-state index in [0.29, 0.717) is 12.0 Å². The van der Waals surface area contributed by atoms with Gasteiger partial charge in [-0.1, -0.05) is 13.0 Å². The molecule has 5 heteroatoms. The van der Waals surface area contributed by atoms with Gasteiger partial charge < -0.3 is 24.8 Å². The normalized spacial score (nSPS) is 27.9. The predicted molar refractivity (Wildman–Crippen MR) is 96.7 cm³/mol. The second-order valence-electron chi connectivity index (χ2n) is 7.11. The van der Waals surface area contributed by atoms with Gasteiger partial charge in [0.2, 0.25) is 0 Å². The van der Waals surface area contributed by atoms with Gasteiger partial charge in [-0.05, 0) is 57.0 Å². The minimum absolute atomic E-state index is 0.293. The second kappa shape index (κ2) is 8.19. The van der Waals surface area contributed by atoms with Gasteiger partial charge in [0.15, 0.2) is 11.5 Å². The molecule has 1 heterocycles. The van der Waals surface area contributed by atoms with E-state index in [2.05, 4.69) is 31.1 Å². The third-order valence-electron chi connectivity index (χ3n) is 5.39. The summed E-state index contributed by atoms with van der Waals surface area (Å²) in [5.74, 6) is 1.78. The van der Waals surface area contributed by atoms with Crippen molar-refractivity contribution in [2.75, 3.05) is 34.4 Å². The SMILES string of the molecule is COc1ccc(CNCC[C@]2(O)C[C@@H](C)N(C)C[C@@H]2C)cc1OC. The van der Waals surface area contributed by atoms with E-state index in [1.54, 1.807) is 14.2 Å². The van der Waals surface area contributed by atoms with E-state index >= 15 is 0 Å². The van der Waals surface area contributed by atoms with E-state index in [0.717, 1.165) is 49.5 Å². The molecule has 0 aromatic heterocycles. The van der Waals surface area contributed by atoms with Gasteiger partial charge in [-0.25, -0.2) is 0 Å². The van der Waals surface area contributed by atoms with Crippen LogP contribution in [0, 0.1) is 5.92 Å². The Kier molecular flexibility index (Phi) is 6.49. The van der Waals surface area contributed by atoms with Gasteiger partial charge in [0.1, 0.15) is 0 Å². The molecule has 1 fully saturated rings. The summed E-state index contributed by atoms with van der Waals surface area (Å²) in [4.78, 5) is 2.33. The summed E-state index contributed by atoms with van der Waals surface area (Å²) in [7, 11) is 5.42. The van der Waals surface area contributed by atoms with Crippen molar-refractivity contribution in [3.05, 3.63) is 23.8 Å². The molecule has 0 amide bonds. The van der Waals surface area contributed by atoms with Crippen LogP contribution in [0.1, 0.15) is 32.3 Å². The molecular weight excluding hydrogens is 304 g/mol. The molecule has 0 radical (unpaired) electrons. The lowest BCUT2D eigenvalue weighted by molar-refractivity contribution is -0.0831. The first-order chi connectivity index (χ1) is 11.4. The molecule has 3 atom stereocenters. The Morgan fingerprint density at radius 2 is 1.96 bits per heavy atom. The van der Waals surface area contributed by atoms with Crippen LogP contribution in [0.4, 0.5) is 0 Å². The van der Waals surface area contributed by atoms with Gasteiger partial charge in [0.25, 0.3) is 0 Å². The zero-order chi connectivity index (χ0) is 17.7. The molecule has 2 rings (SSSR count). The Bertz CT molecular complexity index is 537. The van der Waals surface area contributed by atoms with Crippen molar-refractivity contribution < 1.29 is 14.6 Å². The Labute approximate surface area is 146 Å². The first-order valence-corrected chi connectivity index (χ1v) is 8.74. The second-order valence-corrected chi connectivity index (χ2v) is 7.11. The maximum Gasteiger partial charge on any atom is 0.161 e. The van der Waals surface area contributed by atoms with Gasteiger partial charge in [-0.15, -0.1) is 0 Å². The standard InChI is InChI=1S/C19H32N2O3/c1-14-13-21(3)15(2)11-19(14,22)8-9-20-12-16-6-7-17(23-4)18(10-16)24-5/h6-7,10,14-15,20,22H,8-9,11-13H2,1-5H3/t14-,15+,19-/m0/s1. The average Bonchev–Trinajstić information content (AvgIpc) is 2.57. The number of nitrogens with zero attached hydrogens (tertiary/aromatic N) is 1. The largest absolute Gasteiger partial charge is 0.493 e. The smallest absolute Gasteiger partial charge is 0.161 e. The van der Waals surface area contributed by atoms with Crippen molar-refractivity contribution in [2.45, 2.75) is 44.9 Å². The summed E-state index contributed by atoms with van der Waals surface area (Å²) in [6.07, 6.45) is 1.61. The van der Waals surface area contributed by atoms with E-state index in [1.165, 1.54) is 0 Å². The molecule has 0 spiro atoms. The van der Waals surface area contributed by atoms with Crippen LogP contribution in [-0.2, 0) is 6.54 Å². The molecule has 2 N–H and O–H groups in total. The fraction of sp³-hybridized carbons (Fsp3) is 0.684. The molecule has 0 unspecified atom stereocenters. The number of ether oxygens (including phenoxy) is 2. The minimum Gasteiger partial charge on any atom is -0.493 e. The Hall–Kier alpha value is -1.30. The maximum absolute atomic E-state index is 11.0. The fourth-order valence-electron chi connectivity index (χ4n) is 3.53. The van der Waals surface area contributed by atoms with Crippen molar-refractivity contribution in [3.8, 4) is 11.5 Å². The number of hydrogen-bond acceptors (Lipinski definition) is 5. The van der Waals surface area contributed by atoms with Gasteiger partial charge in [0.05, 0.1) is 19.8 Å². The van der Waals surface area contributed by atoms with Crippen molar-refractivity contribution in [3.63, 3.8) is 0 Å². The minimum atomic E-state index is -0.573. The van der Waals surface area contributed by atoms with E-state index in [1.807, 2.05) is 18.2 Å². The first kappa shape index (κ1) is 19.0. The van der Waals surface area contributed by atoms with E-state index in [4.69, 9.17) is 9.47 Å². The van der Waals surface area contributed by atoms with Crippen LogP contribution in [0.25, 0.3) is 0 Å². The van der Waals surface area contributed by atoms with Gasteiger partial charge in [-0.3, -0.25) is 0 Å². The van der Waals surface area contributed by atoms with Crippen LogP contribution >= 0.6 is 0 Å². The average molecular weight is 336 g/mol. The van der Waals surface area contributed by atoms with Crippen LogP contribution in [0.15, 0.2) is 18.2 Å². The Morgan fingerprint density at radius 3 is 2.62 bits per heavy atom. The summed E-state index contributed by atoms with van der Waals surface area (Å²) < 4.78 is 10.6. The topological polar surface area (TPSA) is 54.0 Å². The zero-order valence-corrected chi connectivity index (χ0v) is 15.6. The van der Waals surface area contributed by atoms with Crippen LogP contribution in [0.2, 0.25) is 0 Å². The number of methoxy groups -OCH3 is 2. The summed E-state index contributed by atoms with van der Waals surface area (Å²) >= 11 is 0. The number of benzene rings is 1. The van der Waals surface area contributed by atoms with Gasteiger partial charge in [0, 0.05) is 19.1 Å². The van der Waals surface area contributed by atoms with E-state index in [-0.39, 0.29) is 0 Å². The summed E-state index contributed by atoms with van der Waals surface area (Å²) in [5.41, 5.74) is 0.570. The van der Waals surface area contributed by atoms with Crippen molar-refractivity contribution in [1.29, 1.82) is 0 Å². The molecule has 0 saturated carbocycles. The van der Waals surface area contributed by atoms with Crippen LogP contribution in [0.5, 0.6) is 11.5 Å². The maximum atomic E-state index is 11.0. The zero-order valence-electron chi connectivity index (χ0n) is 15.6. The molecule has 1 aliphatic rings. The number of aliphatic hydroxyl groups is 1. The number of piperidine rings is 1. The third kappa shape index (κ3) is 4.41. The molecular formula is C19H32N2O3. The molecule has 0 aliphatic carbocycles. The van der Waals surface area contributed by atoms with Crippen molar-refractivity contribution in [2.24, 2.45) is 5.92 Å². The summed E-state index contributed by atoms with van der Waals surface area (Å²) in [6, 6.07) is 6.37. The molecule has 24 heavy (non-hydrogen) atoms. The van der Waals surface area contributed by atoms with Crippen molar-refractivity contribution in [1.82, 2.24) is 10.2 Å². The van der Waals surface area contributed by atoms with Crippen LogP contribution in [0.3, 0.4) is 0 Å². The Balaban J connectivity index is 1.84. The monoisotopic (exact) mass is 336 g/mol. The molecule has 1 aromatic rings. The highest BCUT2D eigenvalue weighted by Crippen LogP contribution is 2.33. The lowest BCUT2D eigenvalue weighted by Gasteiger charge is -2.46. The van der Waals surface area contributed by atoms with Gasteiger partial charge >= 0.3 is 0 Å². The highest BCUT2D eigenvalue weighted by molar-refractivity contribution is 5.42. The Morgan fingerprint density at radius 1 is 1.25 bits per heavy atom. The lowest BCUT2D eigenvalue weighted by atomic mass is 9.77. The van der Waals surface area contributed by atoms with Crippen molar-refractivity contribution >= 4 is 0 Å². The molecule has 136 valence electrons. The summed E-state index contributed by atoms with van der Waals surface area (Å²) in [6.45, 7) is 6.84. The van der Waals surface area contributed by atoms with E-state index < -0.39 is 5.60 Å². The highest BCUT2D eigenvalue weighted by atomic mass is 16.5. The lowest BCUT2D eigenvalue weighted by Crippen LogP contribution is -2.54. The van der Waals surface area contributed by atoms with Gasteiger partial charge in [-0.2, -0.15) is 0 Å². The number of rotatable bonds is 7. The third-order valence-corrected chi connectivity index (χ3v) is 5.39. The molecule has 5 nitrogen and oxygen atoms in total. The highest BCUT2D eigenvalue weighted by Gasteiger charge is 2.40. The molecule has 1 aliphatic heterocycles. The van der Waals surface area contributed by atoms with Crippen LogP contribution in [-0.4, -0.2) is 56.0 Å². The molecule has 0 bridgehead atoms. The van der Waals surface area contributed by atoms with Crippen LogP contribution < -0.4 is 14.8 Å². The van der Waals surface area contributed by atoms with E-state index in [9.17, 15) is 5.11 Å².